The maximum Gasteiger partial charge on any atom is 0.109 e. The molecule has 0 radical (unpaired) electrons. The molecule has 102 valence electrons. The van der Waals surface area contributed by atoms with Crippen LogP contribution in [0.15, 0.2) is 28.9 Å². The first-order valence-electron chi connectivity index (χ1n) is 6.53. The van der Waals surface area contributed by atoms with Gasteiger partial charge in [0.05, 0.1) is 6.04 Å². The minimum absolute atomic E-state index is 0.300. The first-order valence-corrected chi connectivity index (χ1v) is 8.14. The predicted octanol–water partition coefficient (Wildman–Crippen LogP) is 4.63. The lowest BCUT2D eigenvalue weighted by atomic mass is 10.1. The molecule has 1 aromatic heterocycles. The van der Waals surface area contributed by atoms with Gasteiger partial charge < -0.3 is 5.32 Å². The van der Waals surface area contributed by atoms with E-state index in [1.165, 1.54) is 21.0 Å². The van der Waals surface area contributed by atoms with E-state index in [2.05, 4.69) is 65.2 Å². The highest BCUT2D eigenvalue weighted by molar-refractivity contribution is 9.10. The van der Waals surface area contributed by atoms with Gasteiger partial charge in [-0.2, -0.15) is 0 Å². The van der Waals surface area contributed by atoms with E-state index in [4.69, 9.17) is 0 Å². The summed E-state index contributed by atoms with van der Waals surface area (Å²) in [5.74, 6) is 0. The summed E-state index contributed by atoms with van der Waals surface area (Å²) in [5.41, 5.74) is 2.58. The van der Waals surface area contributed by atoms with Gasteiger partial charge in [-0.1, -0.05) is 35.0 Å². The van der Waals surface area contributed by atoms with E-state index < -0.39 is 0 Å². The molecular weight excluding hydrogens is 320 g/mol. The predicted molar refractivity (Wildman–Crippen MR) is 85.6 cm³/mol. The lowest BCUT2D eigenvalue weighted by molar-refractivity contribution is 0.571. The molecule has 4 heteroatoms. The lowest BCUT2D eigenvalue weighted by Crippen LogP contribution is -2.17. The smallest absolute Gasteiger partial charge is 0.109 e. The number of nitrogens with one attached hydrogen (secondary N) is 1. The molecule has 0 bridgehead atoms. The Balaban J connectivity index is 1.95. The van der Waals surface area contributed by atoms with Crippen LogP contribution in [0.1, 0.15) is 40.9 Å². The van der Waals surface area contributed by atoms with Crippen molar-refractivity contribution >= 4 is 27.3 Å². The Labute approximate surface area is 127 Å². The number of hydrogen-bond acceptors (Lipinski definition) is 3. The zero-order valence-electron chi connectivity index (χ0n) is 11.5. The van der Waals surface area contributed by atoms with Gasteiger partial charge in [0.25, 0.3) is 0 Å². The highest BCUT2D eigenvalue weighted by atomic mass is 79.9. The first-order chi connectivity index (χ1) is 9.10. The summed E-state index contributed by atoms with van der Waals surface area (Å²) in [5, 5.41) is 4.70. The van der Waals surface area contributed by atoms with Gasteiger partial charge in [0.15, 0.2) is 0 Å². The minimum Gasteiger partial charge on any atom is -0.304 e. The van der Waals surface area contributed by atoms with E-state index in [1.807, 2.05) is 6.20 Å². The Morgan fingerprint density at radius 1 is 1.42 bits per heavy atom. The van der Waals surface area contributed by atoms with Gasteiger partial charge in [0.2, 0.25) is 0 Å². The third-order valence-corrected chi connectivity index (χ3v) is 5.34. The molecule has 2 nitrogen and oxygen atoms in total. The Bertz CT molecular complexity index is 551. The minimum atomic E-state index is 0.300. The maximum absolute atomic E-state index is 4.48. The van der Waals surface area contributed by atoms with E-state index >= 15 is 0 Å². The summed E-state index contributed by atoms with van der Waals surface area (Å²) in [6.45, 7) is 7.33. The average Bonchev–Trinajstić information content (AvgIpc) is 2.88. The van der Waals surface area contributed by atoms with E-state index in [1.54, 1.807) is 11.3 Å². The van der Waals surface area contributed by atoms with Gasteiger partial charge in [-0.25, -0.2) is 4.98 Å². The molecule has 1 aromatic carbocycles. The molecule has 2 rings (SSSR count). The first kappa shape index (κ1) is 14.7. The van der Waals surface area contributed by atoms with Crippen LogP contribution in [0.3, 0.4) is 0 Å². The van der Waals surface area contributed by atoms with Crippen LogP contribution < -0.4 is 5.32 Å². The lowest BCUT2D eigenvalue weighted by Gasteiger charge is -2.12. The molecule has 1 atom stereocenters. The normalized spacial score (nSPS) is 12.6. The van der Waals surface area contributed by atoms with Gasteiger partial charge in [0, 0.05) is 22.1 Å². The standard InChI is InChI=1S/C15H19BrN2S/c1-4-13-9-18-15(19-13)11(3)17-8-12-5-6-14(16)10(2)7-12/h5-7,9,11,17H,4,8H2,1-3H3. The van der Waals surface area contributed by atoms with Crippen LogP contribution in [0.5, 0.6) is 0 Å². The second kappa shape index (κ2) is 6.64. The molecule has 19 heavy (non-hydrogen) atoms. The average molecular weight is 339 g/mol. The number of nitrogens with zero attached hydrogens (tertiary/aromatic N) is 1. The quantitative estimate of drug-likeness (QED) is 0.859. The molecule has 0 aliphatic heterocycles. The van der Waals surface area contributed by atoms with Gasteiger partial charge in [0.1, 0.15) is 5.01 Å². The maximum atomic E-state index is 4.48. The number of aromatic nitrogens is 1. The van der Waals surface area contributed by atoms with Crippen LogP contribution in [-0.2, 0) is 13.0 Å². The third-order valence-electron chi connectivity index (χ3n) is 3.13. The molecule has 2 aromatic rings. The topological polar surface area (TPSA) is 24.9 Å². The molecule has 0 saturated carbocycles. The molecule has 0 spiro atoms. The van der Waals surface area contributed by atoms with E-state index in [9.17, 15) is 0 Å². The fraction of sp³-hybridized carbons (Fsp3) is 0.400. The van der Waals surface area contributed by atoms with Gasteiger partial charge in [-0.15, -0.1) is 11.3 Å². The summed E-state index contributed by atoms with van der Waals surface area (Å²) >= 11 is 5.33. The molecular formula is C15H19BrN2S. The Hall–Kier alpha value is -0.710. The van der Waals surface area contributed by atoms with Crippen molar-refractivity contribution in [2.45, 2.75) is 39.8 Å². The van der Waals surface area contributed by atoms with Gasteiger partial charge in [-0.05, 0) is 37.5 Å². The number of aryl methyl sites for hydroxylation is 2. The Kier molecular flexibility index (Phi) is 5.13. The van der Waals surface area contributed by atoms with Crippen LogP contribution in [-0.4, -0.2) is 4.98 Å². The second-order valence-corrected chi connectivity index (χ2v) is 6.71. The fourth-order valence-electron chi connectivity index (χ4n) is 1.86. The number of hydrogen-bond donors (Lipinski definition) is 1. The number of rotatable bonds is 5. The van der Waals surface area contributed by atoms with Crippen molar-refractivity contribution in [1.82, 2.24) is 10.3 Å². The SMILES string of the molecule is CCc1cnc(C(C)NCc2ccc(Br)c(C)c2)s1. The molecule has 1 N–H and O–H groups in total. The van der Waals surface area contributed by atoms with E-state index in [-0.39, 0.29) is 0 Å². The van der Waals surface area contributed by atoms with Gasteiger partial charge >= 0.3 is 0 Å². The van der Waals surface area contributed by atoms with Crippen LogP contribution in [0.2, 0.25) is 0 Å². The summed E-state index contributed by atoms with van der Waals surface area (Å²) in [6, 6.07) is 6.77. The molecule has 0 amide bonds. The molecule has 1 unspecified atom stereocenters. The van der Waals surface area contributed by atoms with Crippen molar-refractivity contribution in [3.8, 4) is 0 Å². The number of halogens is 1. The van der Waals surface area contributed by atoms with Crippen molar-refractivity contribution in [2.75, 3.05) is 0 Å². The Morgan fingerprint density at radius 2 is 2.21 bits per heavy atom. The summed E-state index contributed by atoms with van der Waals surface area (Å²) in [6.07, 6.45) is 3.05. The van der Waals surface area contributed by atoms with Crippen molar-refractivity contribution in [1.29, 1.82) is 0 Å². The number of thiazole rings is 1. The van der Waals surface area contributed by atoms with Crippen LogP contribution >= 0.6 is 27.3 Å². The second-order valence-electron chi connectivity index (χ2n) is 4.70. The highest BCUT2D eigenvalue weighted by Gasteiger charge is 2.09. The van der Waals surface area contributed by atoms with Crippen molar-refractivity contribution in [3.63, 3.8) is 0 Å². The van der Waals surface area contributed by atoms with Crippen molar-refractivity contribution in [3.05, 3.63) is 49.9 Å². The monoisotopic (exact) mass is 338 g/mol. The van der Waals surface area contributed by atoms with E-state index in [0.717, 1.165) is 17.4 Å². The molecule has 0 fully saturated rings. The largest absolute Gasteiger partial charge is 0.304 e. The summed E-state index contributed by atoms with van der Waals surface area (Å²) < 4.78 is 1.16. The van der Waals surface area contributed by atoms with Crippen LogP contribution in [0.25, 0.3) is 0 Å². The third kappa shape index (κ3) is 3.88. The van der Waals surface area contributed by atoms with Crippen molar-refractivity contribution in [2.24, 2.45) is 0 Å². The summed E-state index contributed by atoms with van der Waals surface area (Å²) in [7, 11) is 0. The Morgan fingerprint density at radius 3 is 2.84 bits per heavy atom. The number of benzene rings is 1. The molecule has 0 saturated heterocycles. The zero-order chi connectivity index (χ0) is 13.8. The van der Waals surface area contributed by atoms with E-state index in [0.29, 0.717) is 6.04 Å². The highest BCUT2D eigenvalue weighted by Crippen LogP contribution is 2.21. The van der Waals surface area contributed by atoms with Gasteiger partial charge in [-0.3, -0.25) is 0 Å². The fourth-order valence-corrected chi connectivity index (χ4v) is 2.99. The molecule has 0 aliphatic rings. The molecule has 0 aliphatic carbocycles. The summed E-state index contributed by atoms with van der Waals surface area (Å²) in [4.78, 5) is 5.83. The van der Waals surface area contributed by atoms with Crippen LogP contribution in [0.4, 0.5) is 0 Å². The molecule has 1 heterocycles. The van der Waals surface area contributed by atoms with Crippen molar-refractivity contribution < 1.29 is 0 Å². The van der Waals surface area contributed by atoms with Crippen LogP contribution in [0, 0.1) is 6.92 Å². The zero-order valence-corrected chi connectivity index (χ0v) is 13.9.